The Balaban J connectivity index is 2.13. The summed E-state index contributed by atoms with van der Waals surface area (Å²) in [4.78, 5) is 12.0. The van der Waals surface area contributed by atoms with Gasteiger partial charge in [0.15, 0.2) is 0 Å². The molecule has 0 saturated carbocycles. The molecule has 0 saturated heterocycles. The third-order valence-electron chi connectivity index (χ3n) is 3.11. The van der Waals surface area contributed by atoms with Crippen molar-refractivity contribution in [3.05, 3.63) is 69.2 Å². The summed E-state index contributed by atoms with van der Waals surface area (Å²) in [7, 11) is 0. The molecule has 0 spiro atoms. The summed E-state index contributed by atoms with van der Waals surface area (Å²) in [5.41, 5.74) is 3.65. The molecule has 0 aliphatic rings. The summed E-state index contributed by atoms with van der Waals surface area (Å²) in [6, 6.07) is 11.0. The molecule has 0 aliphatic carbocycles. The summed E-state index contributed by atoms with van der Waals surface area (Å²) in [5.74, 6) is -0.196. The van der Waals surface area contributed by atoms with Crippen LogP contribution in [0.1, 0.15) is 16.7 Å². The lowest BCUT2D eigenvalue weighted by Gasteiger charge is -2.09. The molecule has 108 valence electrons. The topological polar surface area (TPSA) is 29.1 Å². The van der Waals surface area contributed by atoms with Crippen LogP contribution >= 0.6 is 23.2 Å². The molecule has 0 heterocycles. The average molecular weight is 320 g/mol. The highest BCUT2D eigenvalue weighted by Gasteiger charge is 2.05. The second-order valence-electron chi connectivity index (χ2n) is 4.76. The number of hydrogen-bond donors (Lipinski definition) is 1. The predicted octanol–water partition coefficient (Wildman–Crippen LogP) is 5.26. The van der Waals surface area contributed by atoms with Gasteiger partial charge in [-0.2, -0.15) is 0 Å². The molecule has 0 atom stereocenters. The van der Waals surface area contributed by atoms with Crippen LogP contribution in [0.2, 0.25) is 10.0 Å². The Morgan fingerprint density at radius 3 is 2.38 bits per heavy atom. The lowest BCUT2D eigenvalue weighted by molar-refractivity contribution is -0.111. The number of carbonyl (C=O) groups excluding carboxylic acids is 1. The Morgan fingerprint density at radius 2 is 1.76 bits per heavy atom. The number of para-hydroxylation sites is 1. The van der Waals surface area contributed by atoms with E-state index in [0.717, 1.165) is 22.4 Å². The number of amides is 1. The standard InChI is InChI=1S/C17H15Cl2NO/c1-11-4-3-5-12(2)17(11)20-16(21)9-7-13-6-8-14(18)10-15(13)19/h3-10H,1-2H3,(H,20,21). The number of aryl methyl sites for hydroxylation is 2. The van der Waals surface area contributed by atoms with Gasteiger partial charge in [0.1, 0.15) is 0 Å². The number of rotatable bonds is 3. The van der Waals surface area contributed by atoms with Crippen molar-refractivity contribution in [2.75, 3.05) is 5.32 Å². The summed E-state index contributed by atoms with van der Waals surface area (Å²) < 4.78 is 0. The second-order valence-corrected chi connectivity index (χ2v) is 5.60. The van der Waals surface area contributed by atoms with E-state index in [1.807, 2.05) is 32.0 Å². The molecular weight excluding hydrogens is 305 g/mol. The van der Waals surface area contributed by atoms with Crippen molar-refractivity contribution in [2.24, 2.45) is 0 Å². The highest BCUT2D eigenvalue weighted by molar-refractivity contribution is 6.35. The van der Waals surface area contributed by atoms with Gasteiger partial charge in [-0.1, -0.05) is 47.5 Å². The summed E-state index contributed by atoms with van der Waals surface area (Å²) in [6.07, 6.45) is 3.13. The highest BCUT2D eigenvalue weighted by Crippen LogP contribution is 2.22. The Bertz CT molecular complexity index is 688. The van der Waals surface area contributed by atoms with Gasteiger partial charge in [-0.3, -0.25) is 4.79 Å². The van der Waals surface area contributed by atoms with Gasteiger partial charge in [0, 0.05) is 21.8 Å². The maximum atomic E-state index is 12.0. The van der Waals surface area contributed by atoms with Gasteiger partial charge in [0.05, 0.1) is 0 Å². The molecule has 2 aromatic carbocycles. The Hall–Kier alpha value is -1.77. The van der Waals surface area contributed by atoms with Crippen LogP contribution in [0.4, 0.5) is 5.69 Å². The van der Waals surface area contributed by atoms with E-state index in [9.17, 15) is 4.79 Å². The van der Waals surface area contributed by atoms with Crippen LogP contribution in [-0.2, 0) is 4.79 Å². The van der Waals surface area contributed by atoms with Crippen molar-refractivity contribution >= 4 is 40.9 Å². The quantitative estimate of drug-likeness (QED) is 0.768. The van der Waals surface area contributed by atoms with Gasteiger partial charge in [0.25, 0.3) is 0 Å². The number of halogens is 2. The summed E-state index contributed by atoms with van der Waals surface area (Å²) in [6.45, 7) is 3.92. The third kappa shape index (κ3) is 4.10. The van der Waals surface area contributed by atoms with E-state index < -0.39 is 0 Å². The Kier molecular flexibility index (Phi) is 5.05. The number of anilines is 1. The van der Waals surface area contributed by atoms with Gasteiger partial charge in [-0.15, -0.1) is 0 Å². The maximum absolute atomic E-state index is 12.0. The molecule has 1 amide bonds. The fraction of sp³-hybridized carbons (Fsp3) is 0.118. The molecule has 1 N–H and O–H groups in total. The number of benzene rings is 2. The van der Waals surface area contributed by atoms with Gasteiger partial charge >= 0.3 is 0 Å². The van der Waals surface area contributed by atoms with E-state index in [1.54, 1.807) is 24.3 Å². The minimum absolute atomic E-state index is 0.196. The van der Waals surface area contributed by atoms with E-state index in [1.165, 1.54) is 6.08 Å². The van der Waals surface area contributed by atoms with Crippen LogP contribution in [0.25, 0.3) is 6.08 Å². The van der Waals surface area contributed by atoms with E-state index in [2.05, 4.69) is 5.32 Å². The summed E-state index contributed by atoms with van der Waals surface area (Å²) in [5, 5.41) is 3.96. The lowest BCUT2D eigenvalue weighted by atomic mass is 10.1. The van der Waals surface area contributed by atoms with Crippen LogP contribution in [0, 0.1) is 13.8 Å². The highest BCUT2D eigenvalue weighted by atomic mass is 35.5. The van der Waals surface area contributed by atoms with Gasteiger partial charge < -0.3 is 5.32 Å². The molecule has 0 fully saturated rings. The van der Waals surface area contributed by atoms with Gasteiger partial charge in [0.2, 0.25) is 5.91 Å². The Labute approximate surface area is 134 Å². The zero-order valence-electron chi connectivity index (χ0n) is 11.8. The van der Waals surface area contributed by atoms with E-state index in [4.69, 9.17) is 23.2 Å². The normalized spacial score (nSPS) is 10.9. The van der Waals surface area contributed by atoms with Crippen LogP contribution in [0.3, 0.4) is 0 Å². The zero-order chi connectivity index (χ0) is 15.4. The van der Waals surface area contributed by atoms with Gasteiger partial charge in [-0.05, 0) is 48.7 Å². The summed E-state index contributed by atoms with van der Waals surface area (Å²) >= 11 is 11.9. The van der Waals surface area contributed by atoms with Crippen molar-refractivity contribution in [1.82, 2.24) is 0 Å². The largest absolute Gasteiger partial charge is 0.322 e. The van der Waals surface area contributed by atoms with Crippen LogP contribution in [-0.4, -0.2) is 5.91 Å². The molecule has 21 heavy (non-hydrogen) atoms. The molecule has 2 rings (SSSR count). The van der Waals surface area contributed by atoms with E-state index >= 15 is 0 Å². The fourth-order valence-electron chi connectivity index (χ4n) is 1.98. The molecule has 0 aromatic heterocycles. The van der Waals surface area contributed by atoms with Crippen molar-refractivity contribution < 1.29 is 4.79 Å². The van der Waals surface area contributed by atoms with Crippen LogP contribution in [0.5, 0.6) is 0 Å². The molecule has 0 unspecified atom stereocenters. The number of hydrogen-bond acceptors (Lipinski definition) is 1. The minimum atomic E-state index is -0.196. The second kappa shape index (κ2) is 6.79. The third-order valence-corrected chi connectivity index (χ3v) is 3.67. The lowest BCUT2D eigenvalue weighted by Crippen LogP contribution is -2.10. The van der Waals surface area contributed by atoms with E-state index in [-0.39, 0.29) is 5.91 Å². The van der Waals surface area contributed by atoms with Crippen molar-refractivity contribution in [3.63, 3.8) is 0 Å². The number of nitrogens with one attached hydrogen (secondary N) is 1. The minimum Gasteiger partial charge on any atom is -0.322 e. The predicted molar refractivity (Wildman–Crippen MR) is 90.0 cm³/mol. The molecular formula is C17H15Cl2NO. The average Bonchev–Trinajstić information content (AvgIpc) is 2.42. The Morgan fingerprint density at radius 1 is 1.10 bits per heavy atom. The monoisotopic (exact) mass is 319 g/mol. The molecule has 0 bridgehead atoms. The van der Waals surface area contributed by atoms with Crippen molar-refractivity contribution in [3.8, 4) is 0 Å². The van der Waals surface area contributed by atoms with E-state index in [0.29, 0.717) is 10.0 Å². The first kappa shape index (κ1) is 15.6. The number of carbonyl (C=O) groups is 1. The fourth-order valence-corrected chi connectivity index (χ4v) is 2.45. The smallest absolute Gasteiger partial charge is 0.248 e. The first-order chi connectivity index (χ1) is 9.97. The first-order valence-corrected chi connectivity index (χ1v) is 7.23. The van der Waals surface area contributed by atoms with Crippen molar-refractivity contribution in [2.45, 2.75) is 13.8 Å². The van der Waals surface area contributed by atoms with Crippen LogP contribution in [0.15, 0.2) is 42.5 Å². The van der Waals surface area contributed by atoms with Crippen molar-refractivity contribution in [1.29, 1.82) is 0 Å². The first-order valence-electron chi connectivity index (χ1n) is 6.47. The van der Waals surface area contributed by atoms with Gasteiger partial charge in [-0.25, -0.2) is 0 Å². The molecule has 2 nitrogen and oxygen atoms in total. The molecule has 4 heteroatoms. The molecule has 0 radical (unpaired) electrons. The molecule has 0 aliphatic heterocycles. The molecule has 2 aromatic rings. The SMILES string of the molecule is Cc1cccc(C)c1NC(=O)C=Cc1ccc(Cl)cc1Cl. The van der Waals surface area contributed by atoms with Crippen LogP contribution < -0.4 is 5.32 Å². The zero-order valence-corrected chi connectivity index (χ0v) is 13.3. The maximum Gasteiger partial charge on any atom is 0.248 e.